The molecule has 1 aliphatic heterocycles. The number of carbonyl (C=O) groups excluding carboxylic acids is 1. The number of rotatable bonds is 8. The fourth-order valence-electron chi connectivity index (χ4n) is 3.86. The smallest absolute Gasteiger partial charge is 0.217 e. The number of aromatic nitrogens is 1. The Bertz CT molecular complexity index is 995. The van der Waals surface area contributed by atoms with Gasteiger partial charge in [0, 0.05) is 34.9 Å². The van der Waals surface area contributed by atoms with E-state index in [1.54, 1.807) is 24.3 Å². The van der Waals surface area contributed by atoms with Gasteiger partial charge in [-0.15, -0.1) is 23.1 Å². The number of nitrogens with one attached hydrogen (secondary N) is 1. The van der Waals surface area contributed by atoms with Gasteiger partial charge in [-0.05, 0) is 63.2 Å². The molecule has 8 heteroatoms. The summed E-state index contributed by atoms with van der Waals surface area (Å²) in [5.41, 5.74) is 1.52. The van der Waals surface area contributed by atoms with E-state index >= 15 is 0 Å². The summed E-state index contributed by atoms with van der Waals surface area (Å²) in [6, 6.07) is 8.91. The molecule has 0 aliphatic carbocycles. The lowest BCUT2D eigenvalue weighted by Crippen LogP contribution is -2.34. The largest absolute Gasteiger partial charge is 0.356 e. The van der Waals surface area contributed by atoms with Crippen LogP contribution in [-0.4, -0.2) is 41.4 Å². The van der Waals surface area contributed by atoms with Crippen molar-refractivity contribution in [3.05, 3.63) is 46.7 Å². The lowest BCUT2D eigenvalue weighted by Gasteiger charge is -2.31. The number of hydrogen-bond acceptors (Lipinski definition) is 6. The number of carbonyl (C=O) groups is 1. The summed E-state index contributed by atoms with van der Waals surface area (Å²) in [5.74, 6) is 1.20. The second-order valence-corrected chi connectivity index (χ2v) is 10.2. The standard InChI is InChI=1S/C22H26FN3O2S2/c1-15(27)24-14-18-4-6-21(30-18)29-12-2-9-26-10-7-16(8-11-26)22-19-5-3-17(23)13-20(19)28-25-22/h3-6,13,16H,2,7-12,14H2,1H3,(H,24,27). The molecule has 0 radical (unpaired) electrons. The van der Waals surface area contributed by atoms with Crippen molar-refractivity contribution in [2.24, 2.45) is 0 Å². The summed E-state index contributed by atoms with van der Waals surface area (Å²) in [6.45, 7) is 5.39. The third-order valence-corrected chi connectivity index (χ3v) is 7.84. The lowest BCUT2D eigenvalue weighted by molar-refractivity contribution is -0.119. The van der Waals surface area contributed by atoms with Crippen LogP contribution in [-0.2, 0) is 11.3 Å². The monoisotopic (exact) mass is 447 g/mol. The maximum absolute atomic E-state index is 13.3. The van der Waals surface area contributed by atoms with E-state index in [-0.39, 0.29) is 11.7 Å². The fourth-order valence-corrected chi connectivity index (χ4v) is 5.98. The van der Waals surface area contributed by atoms with Crippen molar-refractivity contribution in [1.82, 2.24) is 15.4 Å². The number of thiophene rings is 1. The van der Waals surface area contributed by atoms with E-state index in [2.05, 4.69) is 27.5 Å². The first-order valence-corrected chi connectivity index (χ1v) is 12.1. The number of amides is 1. The minimum Gasteiger partial charge on any atom is -0.356 e. The first-order chi connectivity index (χ1) is 14.6. The van der Waals surface area contributed by atoms with E-state index < -0.39 is 0 Å². The number of halogens is 1. The molecular formula is C22H26FN3O2S2. The second-order valence-electron chi connectivity index (χ2n) is 7.66. The summed E-state index contributed by atoms with van der Waals surface area (Å²) < 4.78 is 20.0. The van der Waals surface area contributed by atoms with Crippen LogP contribution in [0.15, 0.2) is 39.1 Å². The minimum absolute atomic E-state index is 0.00649. The lowest BCUT2D eigenvalue weighted by atomic mass is 9.91. The van der Waals surface area contributed by atoms with Crippen LogP contribution in [0.5, 0.6) is 0 Å². The van der Waals surface area contributed by atoms with Crippen LogP contribution in [0.1, 0.15) is 42.7 Å². The molecule has 5 nitrogen and oxygen atoms in total. The first-order valence-electron chi connectivity index (χ1n) is 10.3. The highest BCUT2D eigenvalue weighted by Gasteiger charge is 2.24. The van der Waals surface area contributed by atoms with Crippen molar-refractivity contribution in [3.63, 3.8) is 0 Å². The molecule has 3 aromatic rings. The highest BCUT2D eigenvalue weighted by molar-refractivity contribution is 8.01. The van der Waals surface area contributed by atoms with Crippen molar-refractivity contribution < 1.29 is 13.7 Å². The van der Waals surface area contributed by atoms with Gasteiger partial charge in [0.25, 0.3) is 0 Å². The van der Waals surface area contributed by atoms with Crippen molar-refractivity contribution in [1.29, 1.82) is 0 Å². The van der Waals surface area contributed by atoms with E-state index in [1.807, 2.05) is 11.8 Å². The minimum atomic E-state index is -0.288. The molecule has 0 unspecified atom stereocenters. The van der Waals surface area contributed by atoms with Gasteiger partial charge in [0.05, 0.1) is 16.4 Å². The summed E-state index contributed by atoms with van der Waals surface area (Å²) in [5, 5.41) is 8.02. The summed E-state index contributed by atoms with van der Waals surface area (Å²) in [4.78, 5) is 14.7. The van der Waals surface area contributed by atoms with Crippen LogP contribution in [0, 0.1) is 5.82 Å². The molecule has 0 saturated carbocycles. The first kappa shape index (κ1) is 21.3. The summed E-state index contributed by atoms with van der Waals surface area (Å²) >= 11 is 3.65. The van der Waals surface area contributed by atoms with Gasteiger partial charge in [-0.25, -0.2) is 4.39 Å². The molecule has 1 aromatic carbocycles. The zero-order valence-electron chi connectivity index (χ0n) is 17.0. The second kappa shape index (κ2) is 9.94. The van der Waals surface area contributed by atoms with Crippen LogP contribution in [0.4, 0.5) is 4.39 Å². The van der Waals surface area contributed by atoms with Crippen molar-refractivity contribution in [2.75, 3.05) is 25.4 Å². The predicted octanol–water partition coefficient (Wildman–Crippen LogP) is 5.03. The molecule has 30 heavy (non-hydrogen) atoms. The molecule has 4 rings (SSSR count). The van der Waals surface area contributed by atoms with Crippen LogP contribution in [0.25, 0.3) is 11.0 Å². The topological polar surface area (TPSA) is 58.4 Å². The van der Waals surface area contributed by atoms with Crippen molar-refractivity contribution >= 4 is 40.0 Å². The van der Waals surface area contributed by atoms with E-state index in [1.165, 1.54) is 21.2 Å². The number of hydrogen-bond donors (Lipinski definition) is 1. The van der Waals surface area contributed by atoms with Gasteiger partial charge in [-0.2, -0.15) is 0 Å². The number of nitrogens with zero attached hydrogens (tertiary/aromatic N) is 2. The highest BCUT2D eigenvalue weighted by atomic mass is 32.2. The normalized spacial score (nSPS) is 15.7. The molecule has 1 amide bonds. The molecular weight excluding hydrogens is 421 g/mol. The number of likely N-dealkylation sites (tertiary alicyclic amines) is 1. The predicted molar refractivity (Wildman–Crippen MR) is 120 cm³/mol. The number of benzene rings is 1. The Kier molecular flexibility index (Phi) is 7.07. The Morgan fingerprint density at radius 2 is 2.17 bits per heavy atom. The van der Waals surface area contributed by atoms with Crippen molar-refractivity contribution in [2.45, 2.75) is 42.9 Å². The molecule has 0 spiro atoms. The molecule has 1 aliphatic rings. The Morgan fingerprint density at radius 1 is 1.33 bits per heavy atom. The van der Waals surface area contributed by atoms with Crippen LogP contribution in [0.2, 0.25) is 0 Å². The quantitative estimate of drug-likeness (QED) is 0.388. The Balaban J connectivity index is 1.18. The zero-order chi connectivity index (χ0) is 20.9. The van der Waals surface area contributed by atoms with Crippen molar-refractivity contribution in [3.8, 4) is 0 Å². The fraction of sp³-hybridized carbons (Fsp3) is 0.455. The maximum Gasteiger partial charge on any atom is 0.217 e. The zero-order valence-corrected chi connectivity index (χ0v) is 18.7. The van der Waals surface area contributed by atoms with Crippen LogP contribution in [0.3, 0.4) is 0 Å². The Morgan fingerprint density at radius 3 is 2.97 bits per heavy atom. The molecule has 3 heterocycles. The maximum atomic E-state index is 13.3. The van der Waals surface area contributed by atoms with E-state index in [4.69, 9.17) is 4.52 Å². The average Bonchev–Trinajstić information content (AvgIpc) is 3.36. The highest BCUT2D eigenvalue weighted by Crippen LogP contribution is 2.33. The molecule has 1 N–H and O–H groups in total. The number of thioether (sulfide) groups is 1. The van der Waals surface area contributed by atoms with Gasteiger partial charge in [-0.1, -0.05) is 5.16 Å². The molecule has 0 atom stereocenters. The summed E-state index contributed by atoms with van der Waals surface area (Å²) in [7, 11) is 0. The Labute approximate surface area is 184 Å². The number of piperidine rings is 1. The van der Waals surface area contributed by atoms with E-state index in [0.29, 0.717) is 18.0 Å². The van der Waals surface area contributed by atoms with Gasteiger partial charge in [0.2, 0.25) is 5.91 Å². The van der Waals surface area contributed by atoms with Gasteiger partial charge >= 0.3 is 0 Å². The molecule has 0 bridgehead atoms. The van der Waals surface area contributed by atoms with Gasteiger partial charge < -0.3 is 14.7 Å². The van der Waals surface area contributed by atoms with Gasteiger partial charge in [0.1, 0.15) is 5.82 Å². The Hall–Kier alpha value is -1.90. The van der Waals surface area contributed by atoms with Crippen LogP contribution >= 0.6 is 23.1 Å². The summed E-state index contributed by atoms with van der Waals surface area (Å²) in [6.07, 6.45) is 3.27. The third-order valence-electron chi connectivity index (χ3n) is 5.45. The SMILES string of the molecule is CC(=O)NCc1ccc(SCCCN2CCC(c3noc4cc(F)ccc34)CC2)s1. The average molecular weight is 448 g/mol. The molecule has 1 fully saturated rings. The molecule has 2 aromatic heterocycles. The molecule has 160 valence electrons. The third kappa shape index (κ3) is 5.42. The van der Waals surface area contributed by atoms with Gasteiger partial charge in [-0.3, -0.25) is 4.79 Å². The van der Waals surface area contributed by atoms with Gasteiger partial charge in [0.15, 0.2) is 5.58 Å². The van der Waals surface area contributed by atoms with Crippen LogP contribution < -0.4 is 5.32 Å². The van der Waals surface area contributed by atoms with E-state index in [9.17, 15) is 9.18 Å². The number of fused-ring (bicyclic) bond motifs is 1. The molecule has 1 saturated heterocycles. The van der Waals surface area contributed by atoms with E-state index in [0.717, 1.165) is 55.7 Å².